The topological polar surface area (TPSA) is 77.5 Å². The first-order valence-corrected chi connectivity index (χ1v) is 7.56. The second-order valence-corrected chi connectivity index (χ2v) is 5.32. The SMILES string of the molecule is CO[C@@H](CNC(=O)c1cc(-c2ccco2)on1)c1ccsc1. The molecule has 3 heterocycles. The summed E-state index contributed by atoms with van der Waals surface area (Å²) in [4.78, 5) is 12.1. The Balaban J connectivity index is 1.62. The van der Waals surface area contributed by atoms with Gasteiger partial charge in [0.2, 0.25) is 5.76 Å². The van der Waals surface area contributed by atoms with Crippen LogP contribution in [0.3, 0.4) is 0 Å². The fraction of sp³-hybridized carbons (Fsp3) is 0.200. The molecule has 0 unspecified atom stereocenters. The van der Waals surface area contributed by atoms with Gasteiger partial charge in [-0.3, -0.25) is 4.79 Å². The fourth-order valence-corrected chi connectivity index (χ4v) is 2.69. The number of hydrogen-bond acceptors (Lipinski definition) is 6. The molecule has 0 bridgehead atoms. The summed E-state index contributed by atoms with van der Waals surface area (Å²) in [6.45, 7) is 0.356. The van der Waals surface area contributed by atoms with Crippen LogP contribution in [0.2, 0.25) is 0 Å². The van der Waals surface area contributed by atoms with E-state index in [1.54, 1.807) is 36.6 Å². The lowest BCUT2D eigenvalue weighted by atomic mass is 10.2. The normalized spacial score (nSPS) is 12.2. The first-order valence-electron chi connectivity index (χ1n) is 6.61. The Labute approximate surface area is 130 Å². The third-order valence-electron chi connectivity index (χ3n) is 3.15. The quantitative estimate of drug-likeness (QED) is 0.755. The van der Waals surface area contributed by atoms with Crippen LogP contribution in [0.25, 0.3) is 11.5 Å². The Morgan fingerprint density at radius 3 is 3.05 bits per heavy atom. The van der Waals surface area contributed by atoms with Crippen LogP contribution in [0.4, 0.5) is 0 Å². The second kappa shape index (κ2) is 6.59. The van der Waals surface area contributed by atoms with Gasteiger partial charge in [0.05, 0.1) is 6.26 Å². The highest BCUT2D eigenvalue weighted by atomic mass is 32.1. The zero-order chi connectivity index (χ0) is 15.4. The molecule has 114 valence electrons. The number of nitrogens with one attached hydrogen (secondary N) is 1. The van der Waals surface area contributed by atoms with Gasteiger partial charge in [-0.1, -0.05) is 5.16 Å². The Kier molecular flexibility index (Phi) is 4.36. The number of hydrogen-bond donors (Lipinski definition) is 1. The summed E-state index contributed by atoms with van der Waals surface area (Å²) in [5, 5.41) is 10.5. The molecule has 6 nitrogen and oxygen atoms in total. The van der Waals surface area contributed by atoms with E-state index in [0.717, 1.165) is 5.56 Å². The Hall–Kier alpha value is -2.38. The first kappa shape index (κ1) is 14.6. The van der Waals surface area contributed by atoms with Crippen LogP contribution in [0.15, 0.2) is 50.2 Å². The lowest BCUT2D eigenvalue weighted by Crippen LogP contribution is -2.29. The Morgan fingerprint density at radius 1 is 1.45 bits per heavy atom. The van der Waals surface area contributed by atoms with Crippen LogP contribution in [0.5, 0.6) is 0 Å². The molecule has 0 aliphatic heterocycles. The van der Waals surface area contributed by atoms with Crippen molar-refractivity contribution in [1.82, 2.24) is 10.5 Å². The number of carbonyl (C=O) groups is 1. The van der Waals surface area contributed by atoms with Gasteiger partial charge >= 0.3 is 0 Å². The van der Waals surface area contributed by atoms with Gasteiger partial charge in [0.1, 0.15) is 6.10 Å². The monoisotopic (exact) mass is 318 g/mol. The van der Waals surface area contributed by atoms with Crippen molar-refractivity contribution in [3.05, 3.63) is 52.5 Å². The van der Waals surface area contributed by atoms with E-state index in [1.807, 2.05) is 16.8 Å². The number of nitrogens with zero attached hydrogens (tertiary/aromatic N) is 1. The number of thiophene rings is 1. The van der Waals surface area contributed by atoms with Crippen molar-refractivity contribution in [2.75, 3.05) is 13.7 Å². The Bertz CT molecular complexity index is 719. The molecule has 0 aromatic carbocycles. The second-order valence-electron chi connectivity index (χ2n) is 4.54. The number of carbonyl (C=O) groups excluding carboxylic acids is 1. The smallest absolute Gasteiger partial charge is 0.273 e. The summed E-state index contributed by atoms with van der Waals surface area (Å²) in [7, 11) is 1.61. The van der Waals surface area contributed by atoms with Gasteiger partial charge in [0, 0.05) is 19.7 Å². The fourth-order valence-electron chi connectivity index (χ4n) is 1.99. The maximum absolute atomic E-state index is 12.1. The van der Waals surface area contributed by atoms with Gasteiger partial charge in [-0.15, -0.1) is 0 Å². The maximum atomic E-state index is 12.1. The summed E-state index contributed by atoms with van der Waals surface area (Å²) >= 11 is 1.59. The van der Waals surface area contributed by atoms with Gasteiger partial charge in [0.15, 0.2) is 11.5 Å². The third kappa shape index (κ3) is 3.10. The number of ether oxygens (including phenoxy) is 1. The molecule has 0 aliphatic rings. The van der Waals surface area contributed by atoms with Crippen LogP contribution in [0, 0.1) is 0 Å². The molecule has 1 atom stereocenters. The molecule has 0 radical (unpaired) electrons. The third-order valence-corrected chi connectivity index (χ3v) is 3.86. The average molecular weight is 318 g/mol. The minimum Gasteiger partial charge on any atom is -0.461 e. The lowest BCUT2D eigenvalue weighted by molar-refractivity contribution is 0.0822. The van der Waals surface area contributed by atoms with Crippen molar-refractivity contribution < 1.29 is 18.5 Å². The number of furan rings is 1. The van der Waals surface area contributed by atoms with Crippen LogP contribution in [-0.2, 0) is 4.74 Å². The minimum atomic E-state index is -0.321. The highest BCUT2D eigenvalue weighted by molar-refractivity contribution is 7.07. The number of rotatable bonds is 6. The first-order chi connectivity index (χ1) is 10.8. The van der Waals surface area contributed by atoms with Crippen LogP contribution in [-0.4, -0.2) is 24.7 Å². The van der Waals surface area contributed by atoms with Gasteiger partial charge in [-0.05, 0) is 34.5 Å². The predicted molar refractivity (Wildman–Crippen MR) is 80.6 cm³/mol. The zero-order valence-electron chi connectivity index (χ0n) is 11.8. The maximum Gasteiger partial charge on any atom is 0.273 e. The molecule has 0 spiro atoms. The van der Waals surface area contributed by atoms with E-state index in [0.29, 0.717) is 18.1 Å². The van der Waals surface area contributed by atoms with Gasteiger partial charge in [-0.25, -0.2) is 0 Å². The van der Waals surface area contributed by atoms with Crippen molar-refractivity contribution in [3.63, 3.8) is 0 Å². The molecule has 7 heteroatoms. The van der Waals surface area contributed by atoms with E-state index in [2.05, 4.69) is 10.5 Å². The molecule has 3 aromatic rings. The van der Waals surface area contributed by atoms with E-state index in [4.69, 9.17) is 13.7 Å². The summed E-state index contributed by atoms with van der Waals surface area (Å²) in [6.07, 6.45) is 1.34. The van der Waals surface area contributed by atoms with Gasteiger partial charge in [-0.2, -0.15) is 11.3 Å². The summed E-state index contributed by atoms with van der Waals surface area (Å²) in [5.74, 6) is 0.620. The molecule has 0 fully saturated rings. The molecule has 1 amide bonds. The van der Waals surface area contributed by atoms with E-state index < -0.39 is 0 Å². The minimum absolute atomic E-state index is 0.188. The van der Waals surface area contributed by atoms with Gasteiger partial charge in [0.25, 0.3) is 5.91 Å². The zero-order valence-corrected chi connectivity index (χ0v) is 12.6. The van der Waals surface area contributed by atoms with Crippen LogP contribution >= 0.6 is 11.3 Å². The van der Waals surface area contributed by atoms with Crippen LogP contribution < -0.4 is 5.32 Å². The molecule has 3 aromatic heterocycles. The van der Waals surface area contributed by atoms with Gasteiger partial charge < -0.3 is 19.0 Å². The summed E-state index contributed by atoms with van der Waals surface area (Å²) in [5.41, 5.74) is 1.23. The molecule has 0 saturated heterocycles. The summed E-state index contributed by atoms with van der Waals surface area (Å²) < 4.78 is 15.7. The van der Waals surface area contributed by atoms with Crippen molar-refractivity contribution in [2.45, 2.75) is 6.10 Å². The van der Waals surface area contributed by atoms with E-state index >= 15 is 0 Å². The highest BCUT2D eigenvalue weighted by Gasteiger charge is 2.17. The van der Waals surface area contributed by atoms with E-state index in [-0.39, 0.29) is 17.7 Å². The molecule has 22 heavy (non-hydrogen) atoms. The molecular formula is C15H14N2O4S. The molecule has 0 aliphatic carbocycles. The van der Waals surface area contributed by atoms with E-state index in [9.17, 15) is 4.79 Å². The number of aromatic nitrogens is 1. The van der Waals surface area contributed by atoms with E-state index in [1.165, 1.54) is 6.26 Å². The molecule has 0 saturated carbocycles. The van der Waals surface area contributed by atoms with Crippen molar-refractivity contribution in [2.24, 2.45) is 0 Å². The predicted octanol–water partition coefficient (Wildman–Crippen LogP) is 3.11. The molecule has 1 N–H and O–H groups in total. The molecule has 3 rings (SSSR count). The Morgan fingerprint density at radius 2 is 2.36 bits per heavy atom. The van der Waals surface area contributed by atoms with Crippen molar-refractivity contribution in [1.29, 1.82) is 0 Å². The molecular weight excluding hydrogens is 304 g/mol. The standard InChI is InChI=1S/C15H14N2O4S/c1-19-14(10-4-6-22-9-10)8-16-15(18)11-7-13(21-17-11)12-3-2-5-20-12/h2-7,9,14H,8H2,1H3,(H,16,18)/t14-/m0/s1. The van der Waals surface area contributed by atoms with Crippen molar-refractivity contribution >= 4 is 17.2 Å². The highest BCUT2D eigenvalue weighted by Crippen LogP contribution is 2.21. The number of amides is 1. The van der Waals surface area contributed by atoms with Crippen LogP contribution in [0.1, 0.15) is 22.2 Å². The largest absolute Gasteiger partial charge is 0.461 e. The number of methoxy groups -OCH3 is 1. The lowest BCUT2D eigenvalue weighted by Gasteiger charge is -2.14. The van der Waals surface area contributed by atoms with Crippen molar-refractivity contribution in [3.8, 4) is 11.5 Å². The average Bonchev–Trinajstić information content (AvgIpc) is 3.27. The summed E-state index contributed by atoms with van der Waals surface area (Å²) in [6, 6.07) is 6.98.